The summed E-state index contributed by atoms with van der Waals surface area (Å²) in [5.74, 6) is -2.46. The Hall–Kier alpha value is -3.57. The van der Waals surface area contributed by atoms with Gasteiger partial charge in [-0.3, -0.25) is 29.8 Å². The van der Waals surface area contributed by atoms with Crippen LogP contribution < -0.4 is 5.32 Å². The third-order valence-electron chi connectivity index (χ3n) is 3.24. The second-order valence-corrected chi connectivity index (χ2v) is 4.92. The molecule has 0 heterocycles. The highest BCUT2D eigenvalue weighted by Gasteiger charge is 2.26. The van der Waals surface area contributed by atoms with Crippen LogP contribution in [0.25, 0.3) is 0 Å². The maximum absolute atomic E-state index is 12.3. The number of methoxy groups -OCH3 is 2. The van der Waals surface area contributed by atoms with Gasteiger partial charge in [-0.15, -0.1) is 0 Å². The lowest BCUT2D eigenvalue weighted by Gasteiger charge is -2.16. The van der Waals surface area contributed by atoms with E-state index < -0.39 is 50.7 Å². The van der Waals surface area contributed by atoms with Crippen molar-refractivity contribution in [1.82, 2.24) is 5.32 Å². The van der Waals surface area contributed by atoms with Crippen molar-refractivity contribution in [3.8, 4) is 0 Å². The van der Waals surface area contributed by atoms with Crippen molar-refractivity contribution in [2.75, 3.05) is 14.2 Å². The van der Waals surface area contributed by atoms with E-state index in [1.54, 1.807) is 0 Å². The van der Waals surface area contributed by atoms with Gasteiger partial charge in [-0.05, 0) is 6.42 Å². The zero-order chi connectivity index (χ0) is 19.9. The SMILES string of the molecule is COC(=O)CC[C@H](NC(=O)c1cc([N+](=O)[O-])cc([N+](=O)[O-])c1)C(=O)OC. The molecular formula is C14H15N3O9. The molecule has 0 aromatic heterocycles. The lowest BCUT2D eigenvalue weighted by Crippen LogP contribution is -2.41. The molecule has 1 atom stereocenters. The molecule has 0 saturated heterocycles. The van der Waals surface area contributed by atoms with Gasteiger partial charge >= 0.3 is 11.9 Å². The summed E-state index contributed by atoms with van der Waals surface area (Å²) in [6.45, 7) is 0. The van der Waals surface area contributed by atoms with Gasteiger partial charge < -0.3 is 14.8 Å². The second kappa shape index (κ2) is 9.05. The highest BCUT2D eigenvalue weighted by molar-refractivity contribution is 5.98. The largest absolute Gasteiger partial charge is 0.469 e. The summed E-state index contributed by atoms with van der Waals surface area (Å²) >= 11 is 0. The number of hydrogen-bond acceptors (Lipinski definition) is 9. The Kier molecular flexibility index (Phi) is 7.13. The van der Waals surface area contributed by atoms with Gasteiger partial charge in [0.15, 0.2) is 0 Å². The van der Waals surface area contributed by atoms with E-state index in [1.165, 1.54) is 0 Å². The van der Waals surface area contributed by atoms with E-state index in [0.717, 1.165) is 26.4 Å². The summed E-state index contributed by atoms with van der Waals surface area (Å²) in [4.78, 5) is 55.1. The fourth-order valence-electron chi connectivity index (χ4n) is 1.93. The molecule has 0 saturated carbocycles. The van der Waals surface area contributed by atoms with E-state index >= 15 is 0 Å². The van der Waals surface area contributed by atoms with Crippen molar-refractivity contribution in [2.24, 2.45) is 0 Å². The van der Waals surface area contributed by atoms with Crippen molar-refractivity contribution >= 4 is 29.2 Å². The lowest BCUT2D eigenvalue weighted by molar-refractivity contribution is -0.394. The number of rotatable bonds is 8. The molecule has 26 heavy (non-hydrogen) atoms. The van der Waals surface area contributed by atoms with Gasteiger partial charge in [0.1, 0.15) is 6.04 Å². The zero-order valence-corrected chi connectivity index (χ0v) is 13.8. The van der Waals surface area contributed by atoms with Gasteiger partial charge in [-0.1, -0.05) is 0 Å². The maximum atomic E-state index is 12.3. The Balaban J connectivity index is 3.07. The Morgan fingerprint density at radius 3 is 2.00 bits per heavy atom. The third kappa shape index (κ3) is 5.51. The Bertz CT molecular complexity index is 715. The van der Waals surface area contributed by atoms with E-state index in [4.69, 9.17) is 0 Å². The van der Waals surface area contributed by atoms with Crippen molar-refractivity contribution in [2.45, 2.75) is 18.9 Å². The average Bonchev–Trinajstić information content (AvgIpc) is 2.63. The first-order chi connectivity index (χ1) is 12.2. The summed E-state index contributed by atoms with van der Waals surface area (Å²) in [7, 11) is 2.22. The first-order valence-electron chi connectivity index (χ1n) is 7.09. The van der Waals surface area contributed by atoms with Crippen LogP contribution in [0.3, 0.4) is 0 Å². The molecule has 0 unspecified atom stereocenters. The van der Waals surface area contributed by atoms with Crippen LogP contribution in [0.5, 0.6) is 0 Å². The van der Waals surface area contributed by atoms with Crippen LogP contribution >= 0.6 is 0 Å². The molecule has 0 bridgehead atoms. The molecule has 1 N–H and O–H groups in total. The van der Waals surface area contributed by atoms with Gasteiger partial charge in [0.05, 0.1) is 35.7 Å². The number of nitrogens with one attached hydrogen (secondary N) is 1. The van der Waals surface area contributed by atoms with Crippen molar-refractivity contribution in [3.63, 3.8) is 0 Å². The topological polar surface area (TPSA) is 168 Å². The number of hydrogen-bond donors (Lipinski definition) is 1. The minimum absolute atomic E-state index is 0.151. The predicted molar refractivity (Wildman–Crippen MR) is 84.3 cm³/mol. The van der Waals surface area contributed by atoms with Crippen LogP contribution in [0.2, 0.25) is 0 Å². The molecule has 0 aliphatic heterocycles. The molecule has 1 aromatic carbocycles. The standard InChI is InChI=1S/C14H15N3O9/c1-25-12(18)4-3-11(14(20)26-2)15-13(19)8-5-9(16(21)22)7-10(6-8)17(23)24/h5-7,11H,3-4H2,1-2H3,(H,15,19)/t11-/m0/s1. The summed E-state index contributed by atoms with van der Waals surface area (Å²) < 4.78 is 8.95. The zero-order valence-electron chi connectivity index (χ0n) is 13.8. The van der Waals surface area contributed by atoms with Crippen LogP contribution in [-0.4, -0.2) is 48.0 Å². The van der Waals surface area contributed by atoms with Gasteiger partial charge in [-0.2, -0.15) is 0 Å². The molecule has 0 aliphatic rings. The van der Waals surface area contributed by atoms with Crippen LogP contribution in [-0.2, 0) is 19.1 Å². The number of amides is 1. The van der Waals surface area contributed by atoms with Crippen LogP contribution in [0.15, 0.2) is 18.2 Å². The number of non-ortho nitro benzene ring substituents is 2. The van der Waals surface area contributed by atoms with E-state index in [2.05, 4.69) is 14.8 Å². The minimum atomic E-state index is -1.25. The van der Waals surface area contributed by atoms with Crippen molar-refractivity contribution in [1.29, 1.82) is 0 Å². The molecule has 12 nitrogen and oxygen atoms in total. The minimum Gasteiger partial charge on any atom is -0.469 e. The van der Waals surface area contributed by atoms with E-state index in [9.17, 15) is 34.6 Å². The predicted octanol–water partition coefficient (Wildman–Crippen LogP) is 0.728. The molecule has 0 aliphatic carbocycles. The molecule has 1 amide bonds. The second-order valence-electron chi connectivity index (χ2n) is 4.92. The van der Waals surface area contributed by atoms with Gasteiger partial charge in [0.25, 0.3) is 17.3 Å². The molecule has 1 rings (SSSR count). The average molecular weight is 369 g/mol. The summed E-state index contributed by atoms with van der Waals surface area (Å²) in [5, 5.41) is 24.0. The number of ether oxygens (including phenoxy) is 2. The van der Waals surface area contributed by atoms with E-state index in [1.807, 2.05) is 0 Å². The highest BCUT2D eigenvalue weighted by atomic mass is 16.6. The Morgan fingerprint density at radius 2 is 1.58 bits per heavy atom. The summed E-state index contributed by atoms with van der Waals surface area (Å²) in [6, 6.07) is 1.12. The van der Waals surface area contributed by atoms with Crippen LogP contribution in [0.4, 0.5) is 11.4 Å². The number of carbonyl (C=O) groups excluding carboxylic acids is 3. The highest BCUT2D eigenvalue weighted by Crippen LogP contribution is 2.22. The summed E-state index contributed by atoms with van der Waals surface area (Å²) in [6.07, 6.45) is -0.353. The number of esters is 2. The van der Waals surface area contributed by atoms with Gasteiger partial charge in [0.2, 0.25) is 0 Å². The number of nitro groups is 2. The smallest absolute Gasteiger partial charge is 0.328 e. The molecule has 0 spiro atoms. The fourth-order valence-corrected chi connectivity index (χ4v) is 1.93. The van der Waals surface area contributed by atoms with E-state index in [0.29, 0.717) is 6.07 Å². The van der Waals surface area contributed by atoms with Gasteiger partial charge in [0, 0.05) is 18.6 Å². The molecule has 0 fully saturated rings. The quantitative estimate of drug-likeness (QED) is 0.394. The Morgan fingerprint density at radius 1 is 1.04 bits per heavy atom. The van der Waals surface area contributed by atoms with Crippen LogP contribution in [0.1, 0.15) is 23.2 Å². The monoisotopic (exact) mass is 369 g/mol. The lowest BCUT2D eigenvalue weighted by atomic mass is 10.1. The van der Waals surface area contributed by atoms with Crippen molar-refractivity contribution < 1.29 is 33.7 Å². The maximum Gasteiger partial charge on any atom is 0.328 e. The molecule has 1 aromatic rings. The molecular weight excluding hydrogens is 354 g/mol. The van der Waals surface area contributed by atoms with E-state index in [-0.39, 0.29) is 12.8 Å². The molecule has 0 radical (unpaired) electrons. The summed E-state index contributed by atoms with van der Waals surface area (Å²) in [5.41, 5.74) is -1.71. The third-order valence-corrected chi connectivity index (χ3v) is 3.24. The number of benzene rings is 1. The number of nitro benzene ring substituents is 2. The first kappa shape index (κ1) is 20.5. The van der Waals surface area contributed by atoms with Crippen molar-refractivity contribution in [3.05, 3.63) is 44.0 Å². The number of nitrogens with zero attached hydrogens (tertiary/aromatic N) is 2. The normalized spacial score (nSPS) is 11.2. The fraction of sp³-hybridized carbons (Fsp3) is 0.357. The molecule has 140 valence electrons. The van der Waals surface area contributed by atoms with Crippen LogP contribution in [0, 0.1) is 20.2 Å². The molecule has 12 heteroatoms. The first-order valence-corrected chi connectivity index (χ1v) is 7.09. The Labute approximate surface area is 146 Å². The number of carbonyl (C=O) groups is 3. The van der Waals surface area contributed by atoms with Gasteiger partial charge in [-0.25, -0.2) is 4.79 Å².